The number of rotatable bonds is 8. The molecular formula is C23H22O5. The van der Waals surface area contributed by atoms with Crippen molar-refractivity contribution in [1.29, 1.82) is 0 Å². The summed E-state index contributed by atoms with van der Waals surface area (Å²) >= 11 is 0. The van der Waals surface area contributed by atoms with Crippen molar-refractivity contribution < 1.29 is 23.7 Å². The van der Waals surface area contributed by atoms with Gasteiger partial charge in [0, 0.05) is 24.6 Å². The maximum absolute atomic E-state index is 12.2. The van der Waals surface area contributed by atoms with E-state index in [1.807, 2.05) is 42.5 Å². The molecule has 0 bridgehead atoms. The van der Waals surface area contributed by atoms with Gasteiger partial charge in [-0.1, -0.05) is 48.5 Å². The Labute approximate surface area is 164 Å². The molecule has 5 heteroatoms. The minimum absolute atomic E-state index is 0.203. The van der Waals surface area contributed by atoms with Crippen LogP contribution in [0, 0.1) is 0 Å². The monoisotopic (exact) mass is 378 g/mol. The third kappa shape index (κ3) is 5.27. The Kier molecular flexibility index (Phi) is 6.52. The molecule has 3 aromatic rings. The van der Waals surface area contributed by atoms with Crippen LogP contribution in [0.15, 0.2) is 72.8 Å². The minimum atomic E-state index is -0.509. The molecule has 28 heavy (non-hydrogen) atoms. The average Bonchev–Trinajstić information content (AvgIpc) is 2.73. The zero-order valence-electron chi connectivity index (χ0n) is 15.9. The van der Waals surface area contributed by atoms with Gasteiger partial charge in [-0.2, -0.15) is 0 Å². The van der Waals surface area contributed by atoms with Gasteiger partial charge in [0.25, 0.3) is 0 Å². The molecule has 0 fully saturated rings. The molecule has 0 amide bonds. The molecule has 0 aromatic heterocycles. The highest BCUT2D eigenvalue weighted by Gasteiger charge is 2.11. The molecule has 0 aliphatic heterocycles. The number of carbonyl (C=O) groups excluding carboxylic acids is 1. The summed E-state index contributed by atoms with van der Waals surface area (Å²) in [6, 6.07) is 22.7. The molecule has 3 aromatic carbocycles. The summed E-state index contributed by atoms with van der Waals surface area (Å²) in [5, 5.41) is 0. The van der Waals surface area contributed by atoms with Crippen LogP contribution in [0.2, 0.25) is 0 Å². The number of esters is 1. The van der Waals surface area contributed by atoms with Crippen LogP contribution in [0.1, 0.15) is 11.1 Å². The third-order valence-corrected chi connectivity index (χ3v) is 4.11. The number of carbonyl (C=O) groups is 1. The van der Waals surface area contributed by atoms with Crippen molar-refractivity contribution in [2.24, 2.45) is 0 Å². The molecule has 0 saturated heterocycles. The second-order valence-electron chi connectivity index (χ2n) is 6.08. The molecule has 0 aliphatic carbocycles. The van der Waals surface area contributed by atoms with Crippen LogP contribution in [-0.2, 0) is 11.2 Å². The van der Waals surface area contributed by atoms with Crippen molar-refractivity contribution in [2.75, 3.05) is 20.8 Å². The van der Waals surface area contributed by atoms with E-state index < -0.39 is 5.97 Å². The Bertz CT molecular complexity index is 899. The van der Waals surface area contributed by atoms with Crippen LogP contribution in [0.4, 0.5) is 0 Å². The van der Waals surface area contributed by atoms with E-state index in [0.29, 0.717) is 23.0 Å². The predicted molar refractivity (Wildman–Crippen MR) is 106 cm³/mol. The average molecular weight is 378 g/mol. The first-order valence-corrected chi connectivity index (χ1v) is 8.86. The summed E-state index contributed by atoms with van der Waals surface area (Å²) in [5.74, 6) is 1.56. The number of methoxy groups -OCH3 is 2. The number of hydrogen-bond acceptors (Lipinski definition) is 5. The maximum Gasteiger partial charge on any atom is 0.349 e. The zero-order chi connectivity index (χ0) is 19.8. The first-order chi connectivity index (χ1) is 13.7. The van der Waals surface area contributed by atoms with Gasteiger partial charge in [-0.3, -0.25) is 0 Å². The molecule has 0 saturated carbocycles. The Hall–Kier alpha value is -3.47. The number of hydrogen-bond donors (Lipinski definition) is 0. The highest BCUT2D eigenvalue weighted by Crippen LogP contribution is 2.27. The van der Waals surface area contributed by atoms with Crippen molar-refractivity contribution in [3.63, 3.8) is 0 Å². The largest absolute Gasteiger partial charge is 0.496 e. The van der Waals surface area contributed by atoms with E-state index in [9.17, 15) is 4.79 Å². The van der Waals surface area contributed by atoms with Crippen molar-refractivity contribution in [1.82, 2.24) is 0 Å². The second-order valence-corrected chi connectivity index (χ2v) is 6.08. The lowest BCUT2D eigenvalue weighted by molar-refractivity contribution is -0.136. The van der Waals surface area contributed by atoms with Gasteiger partial charge in [0.05, 0.1) is 14.2 Å². The van der Waals surface area contributed by atoms with Crippen LogP contribution in [0.5, 0.6) is 23.0 Å². The van der Waals surface area contributed by atoms with Crippen molar-refractivity contribution in [2.45, 2.75) is 6.42 Å². The highest BCUT2D eigenvalue weighted by molar-refractivity contribution is 5.74. The van der Waals surface area contributed by atoms with E-state index in [1.54, 1.807) is 18.2 Å². The van der Waals surface area contributed by atoms with Crippen LogP contribution < -0.4 is 18.9 Å². The number of para-hydroxylation sites is 1. The van der Waals surface area contributed by atoms with Gasteiger partial charge in [0.2, 0.25) is 0 Å². The van der Waals surface area contributed by atoms with Gasteiger partial charge < -0.3 is 18.9 Å². The SMILES string of the molecule is COc1cc(OC)cc(OC(=O)COc2ccccc2Cc2ccccc2)c1. The number of ether oxygens (including phenoxy) is 4. The van der Waals surface area contributed by atoms with Gasteiger partial charge in [-0.15, -0.1) is 0 Å². The summed E-state index contributed by atoms with van der Waals surface area (Å²) in [4.78, 5) is 12.2. The van der Waals surface area contributed by atoms with Crippen LogP contribution in [0.3, 0.4) is 0 Å². The standard InChI is InChI=1S/C23H22O5/c1-25-19-13-20(26-2)15-21(14-19)28-23(24)16-27-22-11-7-6-10-18(22)12-17-8-4-3-5-9-17/h3-11,13-15H,12,16H2,1-2H3. The van der Waals surface area contributed by atoms with E-state index in [0.717, 1.165) is 12.0 Å². The maximum atomic E-state index is 12.2. The summed E-state index contributed by atoms with van der Waals surface area (Å²) < 4.78 is 21.4. The zero-order valence-corrected chi connectivity index (χ0v) is 15.9. The Morgan fingerprint density at radius 2 is 1.39 bits per heavy atom. The summed E-state index contributed by atoms with van der Waals surface area (Å²) in [7, 11) is 3.07. The molecule has 0 heterocycles. The van der Waals surface area contributed by atoms with Gasteiger partial charge >= 0.3 is 5.97 Å². The lowest BCUT2D eigenvalue weighted by Crippen LogP contribution is -2.18. The molecule has 144 valence electrons. The summed E-state index contributed by atoms with van der Waals surface area (Å²) in [6.45, 7) is -0.203. The van der Waals surface area contributed by atoms with Gasteiger partial charge in [0.15, 0.2) is 6.61 Å². The molecular weight excluding hydrogens is 356 g/mol. The molecule has 3 rings (SSSR count). The molecule has 0 N–H and O–H groups in total. The van der Waals surface area contributed by atoms with Crippen LogP contribution in [-0.4, -0.2) is 26.8 Å². The smallest absolute Gasteiger partial charge is 0.349 e. The summed E-state index contributed by atoms with van der Waals surface area (Å²) in [6.07, 6.45) is 0.721. The fraction of sp³-hybridized carbons (Fsp3) is 0.174. The van der Waals surface area contributed by atoms with Gasteiger partial charge in [0.1, 0.15) is 23.0 Å². The Morgan fingerprint density at radius 3 is 2.07 bits per heavy atom. The van der Waals surface area contributed by atoms with Gasteiger partial charge in [-0.05, 0) is 17.2 Å². The van der Waals surface area contributed by atoms with Crippen molar-refractivity contribution in [3.05, 3.63) is 83.9 Å². The lowest BCUT2D eigenvalue weighted by atomic mass is 10.0. The van der Waals surface area contributed by atoms with Gasteiger partial charge in [-0.25, -0.2) is 4.79 Å². The highest BCUT2D eigenvalue weighted by atomic mass is 16.6. The van der Waals surface area contributed by atoms with E-state index >= 15 is 0 Å². The second kappa shape index (κ2) is 9.46. The molecule has 0 spiro atoms. The van der Waals surface area contributed by atoms with E-state index in [-0.39, 0.29) is 6.61 Å². The molecule has 5 nitrogen and oxygen atoms in total. The number of benzene rings is 3. The molecule has 0 unspecified atom stereocenters. The normalized spacial score (nSPS) is 10.2. The van der Waals surface area contributed by atoms with E-state index in [2.05, 4.69) is 12.1 Å². The molecule has 0 atom stereocenters. The quantitative estimate of drug-likeness (QED) is 0.433. The molecule has 0 radical (unpaired) electrons. The van der Waals surface area contributed by atoms with Crippen LogP contribution in [0.25, 0.3) is 0 Å². The minimum Gasteiger partial charge on any atom is -0.496 e. The Balaban J connectivity index is 1.64. The van der Waals surface area contributed by atoms with E-state index in [4.69, 9.17) is 18.9 Å². The van der Waals surface area contributed by atoms with E-state index in [1.165, 1.54) is 19.8 Å². The topological polar surface area (TPSA) is 54.0 Å². The van der Waals surface area contributed by atoms with Crippen molar-refractivity contribution in [3.8, 4) is 23.0 Å². The fourth-order valence-corrected chi connectivity index (χ4v) is 2.74. The van der Waals surface area contributed by atoms with Crippen LogP contribution >= 0.6 is 0 Å². The van der Waals surface area contributed by atoms with Crippen molar-refractivity contribution >= 4 is 5.97 Å². The third-order valence-electron chi connectivity index (χ3n) is 4.11. The predicted octanol–water partition coefficient (Wildman–Crippen LogP) is 4.28. The first-order valence-electron chi connectivity index (χ1n) is 8.86. The lowest BCUT2D eigenvalue weighted by Gasteiger charge is -2.12. The Morgan fingerprint density at radius 1 is 0.786 bits per heavy atom. The summed E-state index contributed by atoms with van der Waals surface area (Å²) in [5.41, 5.74) is 2.18. The fourth-order valence-electron chi connectivity index (χ4n) is 2.74. The first kappa shape index (κ1) is 19.3. The molecule has 0 aliphatic rings.